The fourth-order valence-corrected chi connectivity index (χ4v) is 1.74. The number of hydrogen-bond donors (Lipinski definition) is 1. The Morgan fingerprint density at radius 3 is 2.11 bits per heavy atom. The van der Waals surface area contributed by atoms with Gasteiger partial charge in [0.15, 0.2) is 5.82 Å². The monoisotopic (exact) mass is 247 g/mol. The van der Waals surface area contributed by atoms with Crippen molar-refractivity contribution in [2.75, 3.05) is 5.73 Å². The molecular formula is C13H21N5. The summed E-state index contributed by atoms with van der Waals surface area (Å²) in [5.74, 6) is 0.829. The van der Waals surface area contributed by atoms with Gasteiger partial charge in [0.2, 0.25) is 5.65 Å². The van der Waals surface area contributed by atoms with Gasteiger partial charge in [-0.25, -0.2) is 0 Å². The molecular weight excluding hydrogens is 226 g/mol. The quantitative estimate of drug-likeness (QED) is 0.775. The molecule has 18 heavy (non-hydrogen) atoms. The predicted molar refractivity (Wildman–Crippen MR) is 72.6 cm³/mol. The molecule has 0 unspecified atom stereocenters. The smallest absolute Gasteiger partial charge is 0.200 e. The van der Waals surface area contributed by atoms with Gasteiger partial charge < -0.3 is 5.73 Å². The molecule has 0 aliphatic heterocycles. The predicted octanol–water partition coefficient (Wildman–Crippen LogP) is 2.30. The van der Waals surface area contributed by atoms with Crippen LogP contribution in [0.2, 0.25) is 0 Å². The van der Waals surface area contributed by atoms with Crippen molar-refractivity contribution in [2.24, 2.45) is 0 Å². The molecule has 98 valence electrons. The molecule has 5 heteroatoms. The van der Waals surface area contributed by atoms with E-state index in [9.17, 15) is 0 Å². The van der Waals surface area contributed by atoms with Crippen LogP contribution in [0.25, 0.3) is 5.65 Å². The maximum Gasteiger partial charge on any atom is 0.200 e. The molecule has 2 heterocycles. The second-order valence-corrected chi connectivity index (χ2v) is 6.74. The molecule has 0 atom stereocenters. The first-order valence-corrected chi connectivity index (χ1v) is 6.13. The second kappa shape index (κ2) is 3.67. The first-order chi connectivity index (χ1) is 8.10. The average Bonchev–Trinajstić information content (AvgIpc) is 2.59. The lowest BCUT2D eigenvalue weighted by Gasteiger charge is -2.20. The third kappa shape index (κ3) is 2.05. The highest BCUT2D eigenvalue weighted by atomic mass is 15.4. The number of rotatable bonds is 0. The minimum atomic E-state index is -0.116. The molecule has 2 aromatic heterocycles. The van der Waals surface area contributed by atoms with E-state index in [0.717, 1.165) is 11.5 Å². The number of nitrogen functional groups attached to an aromatic ring is 1. The van der Waals surface area contributed by atoms with Crippen molar-refractivity contribution in [3.63, 3.8) is 0 Å². The van der Waals surface area contributed by atoms with Crippen molar-refractivity contribution >= 4 is 11.3 Å². The van der Waals surface area contributed by atoms with Crippen LogP contribution < -0.4 is 5.73 Å². The van der Waals surface area contributed by atoms with Gasteiger partial charge in [-0.15, -0.1) is 10.2 Å². The van der Waals surface area contributed by atoms with E-state index in [0.29, 0.717) is 11.3 Å². The Morgan fingerprint density at radius 2 is 1.61 bits per heavy atom. The van der Waals surface area contributed by atoms with Gasteiger partial charge in [0, 0.05) is 10.8 Å². The SMILES string of the molecule is CC(C)(C)c1cc(N)c2nnc(C(C)(C)C)n2n1. The molecule has 0 radical (unpaired) electrons. The summed E-state index contributed by atoms with van der Waals surface area (Å²) in [6, 6.07) is 1.89. The molecule has 2 aromatic rings. The highest BCUT2D eigenvalue weighted by Gasteiger charge is 2.25. The molecule has 5 nitrogen and oxygen atoms in total. The van der Waals surface area contributed by atoms with Crippen LogP contribution in [-0.2, 0) is 10.8 Å². The summed E-state index contributed by atoms with van der Waals surface area (Å²) in [5, 5.41) is 13.0. The van der Waals surface area contributed by atoms with Gasteiger partial charge in [-0.3, -0.25) is 0 Å². The average molecular weight is 247 g/mol. The van der Waals surface area contributed by atoms with Gasteiger partial charge in [0.1, 0.15) is 0 Å². The van der Waals surface area contributed by atoms with E-state index in [2.05, 4.69) is 56.8 Å². The van der Waals surface area contributed by atoms with Crippen LogP contribution in [0.15, 0.2) is 6.07 Å². The molecule has 0 aliphatic rings. The zero-order valence-electron chi connectivity index (χ0n) is 11.9. The summed E-state index contributed by atoms with van der Waals surface area (Å²) in [7, 11) is 0. The minimum Gasteiger partial charge on any atom is -0.396 e. The van der Waals surface area contributed by atoms with Crippen molar-refractivity contribution in [2.45, 2.75) is 52.4 Å². The normalized spacial score (nSPS) is 13.2. The fraction of sp³-hybridized carbons (Fsp3) is 0.615. The van der Waals surface area contributed by atoms with E-state index < -0.39 is 0 Å². The van der Waals surface area contributed by atoms with Gasteiger partial charge in [0.25, 0.3) is 0 Å². The lowest BCUT2D eigenvalue weighted by molar-refractivity contribution is 0.509. The van der Waals surface area contributed by atoms with Crippen LogP contribution in [0.5, 0.6) is 0 Å². The third-order valence-corrected chi connectivity index (χ3v) is 2.84. The van der Waals surface area contributed by atoms with Crippen LogP contribution in [0, 0.1) is 0 Å². The molecule has 0 aromatic carbocycles. The highest BCUT2D eigenvalue weighted by Crippen LogP contribution is 2.26. The van der Waals surface area contributed by atoms with Crippen LogP contribution in [0.3, 0.4) is 0 Å². The first-order valence-electron chi connectivity index (χ1n) is 6.13. The maximum atomic E-state index is 6.05. The Balaban J connectivity index is 2.77. The zero-order valence-corrected chi connectivity index (χ0v) is 11.9. The van der Waals surface area contributed by atoms with E-state index >= 15 is 0 Å². The van der Waals surface area contributed by atoms with Crippen molar-refractivity contribution in [3.05, 3.63) is 17.6 Å². The van der Waals surface area contributed by atoms with Crippen LogP contribution in [0.4, 0.5) is 5.69 Å². The number of hydrogen-bond acceptors (Lipinski definition) is 4. The van der Waals surface area contributed by atoms with Gasteiger partial charge in [-0.1, -0.05) is 41.5 Å². The van der Waals surface area contributed by atoms with Gasteiger partial charge in [0.05, 0.1) is 11.4 Å². The van der Waals surface area contributed by atoms with Crippen molar-refractivity contribution in [1.82, 2.24) is 19.8 Å². The van der Waals surface area contributed by atoms with Crippen molar-refractivity contribution in [3.8, 4) is 0 Å². The Hall–Kier alpha value is -1.65. The number of nitrogens with two attached hydrogens (primary N) is 1. The lowest BCUT2D eigenvalue weighted by Crippen LogP contribution is -2.21. The Bertz CT molecular complexity index is 584. The zero-order chi connectivity index (χ0) is 13.7. The topological polar surface area (TPSA) is 69.1 Å². The summed E-state index contributed by atoms with van der Waals surface area (Å²) in [5.41, 5.74) is 8.08. The number of fused-ring (bicyclic) bond motifs is 1. The number of nitrogens with zero attached hydrogens (tertiary/aromatic N) is 4. The summed E-state index contributed by atoms with van der Waals surface area (Å²) < 4.78 is 1.77. The summed E-state index contributed by atoms with van der Waals surface area (Å²) in [6.07, 6.45) is 0. The van der Waals surface area contributed by atoms with E-state index in [4.69, 9.17) is 5.73 Å². The number of aromatic nitrogens is 4. The molecule has 2 rings (SSSR count). The summed E-state index contributed by atoms with van der Waals surface area (Å²) in [4.78, 5) is 0. The Kier molecular flexibility index (Phi) is 2.61. The Morgan fingerprint density at radius 1 is 1.00 bits per heavy atom. The summed E-state index contributed by atoms with van der Waals surface area (Å²) >= 11 is 0. The molecule has 0 fully saturated rings. The van der Waals surface area contributed by atoms with E-state index in [-0.39, 0.29) is 10.8 Å². The van der Waals surface area contributed by atoms with Crippen molar-refractivity contribution < 1.29 is 0 Å². The maximum absolute atomic E-state index is 6.05. The Labute approximate surface area is 107 Å². The van der Waals surface area contributed by atoms with Gasteiger partial charge >= 0.3 is 0 Å². The fourth-order valence-electron chi connectivity index (χ4n) is 1.74. The molecule has 0 amide bonds. The summed E-state index contributed by atoms with van der Waals surface area (Å²) in [6.45, 7) is 12.6. The van der Waals surface area contributed by atoms with E-state index in [1.807, 2.05) is 6.07 Å². The van der Waals surface area contributed by atoms with Crippen LogP contribution in [0.1, 0.15) is 53.1 Å². The molecule has 0 saturated heterocycles. The highest BCUT2D eigenvalue weighted by molar-refractivity contribution is 5.64. The largest absolute Gasteiger partial charge is 0.396 e. The van der Waals surface area contributed by atoms with E-state index in [1.165, 1.54) is 0 Å². The first kappa shape index (κ1) is 12.8. The second-order valence-electron chi connectivity index (χ2n) is 6.74. The molecule has 0 saturated carbocycles. The molecule has 0 aliphatic carbocycles. The standard InChI is InChI=1S/C13H21N5/c1-12(2,3)9-7-8(14)10-15-16-11(13(4,5)6)18(10)17-9/h7H,14H2,1-6H3. The van der Waals surface area contributed by atoms with E-state index in [1.54, 1.807) is 4.52 Å². The third-order valence-electron chi connectivity index (χ3n) is 2.84. The van der Waals surface area contributed by atoms with Crippen LogP contribution in [-0.4, -0.2) is 19.8 Å². The molecule has 0 spiro atoms. The lowest BCUT2D eigenvalue weighted by atomic mass is 9.92. The molecule has 2 N–H and O–H groups in total. The number of anilines is 1. The minimum absolute atomic E-state index is 0.0538. The van der Waals surface area contributed by atoms with Crippen LogP contribution >= 0.6 is 0 Å². The van der Waals surface area contributed by atoms with Gasteiger partial charge in [-0.2, -0.15) is 9.61 Å². The van der Waals surface area contributed by atoms with Gasteiger partial charge in [-0.05, 0) is 6.07 Å². The van der Waals surface area contributed by atoms with Crippen molar-refractivity contribution in [1.29, 1.82) is 0 Å². The molecule has 0 bridgehead atoms.